The number of nitrogens with zero attached hydrogens (tertiary/aromatic N) is 1. The van der Waals surface area contributed by atoms with Crippen molar-refractivity contribution in [3.63, 3.8) is 0 Å². The molecule has 2 rings (SSSR count). The lowest BCUT2D eigenvalue weighted by Gasteiger charge is -2.18. The van der Waals surface area contributed by atoms with Gasteiger partial charge in [-0.1, -0.05) is 36.4 Å². The summed E-state index contributed by atoms with van der Waals surface area (Å²) in [7, 11) is 0. The number of nitro groups is 1. The summed E-state index contributed by atoms with van der Waals surface area (Å²) < 4.78 is 0. The lowest BCUT2D eigenvalue weighted by Crippen LogP contribution is -2.29. The van der Waals surface area contributed by atoms with Gasteiger partial charge in [0.25, 0.3) is 11.6 Å². The van der Waals surface area contributed by atoms with E-state index in [-0.39, 0.29) is 23.9 Å². The highest BCUT2D eigenvalue weighted by atomic mass is 16.6. The zero-order chi connectivity index (χ0) is 16.8. The molecule has 6 heteroatoms. The largest absolute Gasteiger partial charge is 0.396 e. The molecule has 2 aromatic carbocycles. The molecule has 6 nitrogen and oxygen atoms in total. The van der Waals surface area contributed by atoms with Crippen LogP contribution < -0.4 is 5.32 Å². The van der Waals surface area contributed by atoms with E-state index in [9.17, 15) is 20.0 Å². The molecule has 0 radical (unpaired) electrons. The van der Waals surface area contributed by atoms with Crippen molar-refractivity contribution in [2.75, 3.05) is 6.61 Å². The fourth-order valence-electron chi connectivity index (χ4n) is 2.33. The minimum atomic E-state index is -0.505. The number of nitrogens with one attached hydrogen (secondary N) is 1. The number of nitro benzene ring substituents is 1. The third kappa shape index (κ3) is 4.14. The molecule has 2 aromatic rings. The summed E-state index contributed by atoms with van der Waals surface area (Å²) >= 11 is 0. The summed E-state index contributed by atoms with van der Waals surface area (Å²) in [4.78, 5) is 22.9. The topological polar surface area (TPSA) is 92.5 Å². The van der Waals surface area contributed by atoms with Gasteiger partial charge in [-0.05, 0) is 25.0 Å². The molecule has 0 saturated heterocycles. The number of aliphatic hydroxyl groups excluding tert-OH is 1. The second kappa shape index (κ2) is 7.51. The van der Waals surface area contributed by atoms with Crippen LogP contribution in [0.4, 0.5) is 5.69 Å². The van der Waals surface area contributed by atoms with Gasteiger partial charge >= 0.3 is 0 Å². The Balaban J connectivity index is 2.22. The highest BCUT2D eigenvalue weighted by Crippen LogP contribution is 2.21. The van der Waals surface area contributed by atoms with E-state index in [1.807, 2.05) is 30.3 Å². The van der Waals surface area contributed by atoms with Crippen molar-refractivity contribution >= 4 is 11.6 Å². The molecule has 0 spiro atoms. The summed E-state index contributed by atoms with van der Waals surface area (Å²) in [6.45, 7) is 1.55. The predicted octanol–water partition coefficient (Wildman–Crippen LogP) is 2.76. The molecule has 1 amide bonds. The average molecular weight is 314 g/mol. The van der Waals surface area contributed by atoms with Gasteiger partial charge in [0.2, 0.25) is 0 Å². The molecule has 0 aromatic heterocycles. The number of carbonyl (C=O) groups excluding carboxylic acids is 1. The van der Waals surface area contributed by atoms with Crippen LogP contribution in [-0.2, 0) is 0 Å². The van der Waals surface area contributed by atoms with E-state index in [0.29, 0.717) is 12.0 Å². The highest BCUT2D eigenvalue weighted by Gasteiger charge is 2.18. The molecule has 0 saturated carbocycles. The Bertz CT molecular complexity index is 701. The van der Waals surface area contributed by atoms with E-state index >= 15 is 0 Å². The minimum Gasteiger partial charge on any atom is -0.396 e. The Kier molecular flexibility index (Phi) is 5.43. The van der Waals surface area contributed by atoms with E-state index in [2.05, 4.69) is 5.32 Å². The van der Waals surface area contributed by atoms with E-state index in [0.717, 1.165) is 5.56 Å². The molecule has 0 aliphatic heterocycles. The number of rotatable bonds is 6. The summed E-state index contributed by atoms with van der Waals surface area (Å²) in [5, 5.41) is 23.0. The fourth-order valence-corrected chi connectivity index (χ4v) is 2.33. The third-order valence-corrected chi connectivity index (χ3v) is 3.59. The van der Waals surface area contributed by atoms with Crippen molar-refractivity contribution in [2.45, 2.75) is 19.4 Å². The molecule has 0 bridgehead atoms. The first-order valence-corrected chi connectivity index (χ1v) is 7.24. The van der Waals surface area contributed by atoms with Crippen LogP contribution in [0, 0.1) is 17.0 Å². The monoisotopic (exact) mass is 314 g/mol. The van der Waals surface area contributed by atoms with E-state index in [1.165, 1.54) is 6.07 Å². The number of amides is 1. The summed E-state index contributed by atoms with van der Waals surface area (Å²) in [6, 6.07) is 13.3. The number of hydrogen-bond acceptors (Lipinski definition) is 4. The molecule has 0 heterocycles. The minimum absolute atomic E-state index is 0.0755. The molecule has 0 fully saturated rings. The first kappa shape index (κ1) is 16.6. The number of aryl methyl sites for hydroxylation is 1. The Morgan fingerprint density at radius 3 is 2.57 bits per heavy atom. The maximum atomic E-state index is 12.4. The van der Waals surface area contributed by atoms with Crippen molar-refractivity contribution in [3.05, 3.63) is 75.3 Å². The predicted molar refractivity (Wildman–Crippen MR) is 86.2 cm³/mol. The second-order valence-corrected chi connectivity index (χ2v) is 5.21. The number of hydrogen-bond donors (Lipinski definition) is 2. The van der Waals surface area contributed by atoms with Gasteiger partial charge in [-0.2, -0.15) is 0 Å². The van der Waals surface area contributed by atoms with Crippen LogP contribution in [0.3, 0.4) is 0 Å². The van der Waals surface area contributed by atoms with Gasteiger partial charge in [0.15, 0.2) is 0 Å². The van der Waals surface area contributed by atoms with E-state index < -0.39 is 10.8 Å². The van der Waals surface area contributed by atoms with Crippen LogP contribution in [0.15, 0.2) is 48.5 Å². The average Bonchev–Trinajstić information content (AvgIpc) is 2.55. The van der Waals surface area contributed by atoms with Crippen LogP contribution in [0.25, 0.3) is 0 Å². The smallest absolute Gasteiger partial charge is 0.273 e. The Morgan fingerprint density at radius 1 is 1.26 bits per heavy atom. The van der Waals surface area contributed by atoms with Crippen molar-refractivity contribution < 1.29 is 14.8 Å². The Labute approximate surface area is 133 Å². The van der Waals surface area contributed by atoms with E-state index in [4.69, 9.17) is 0 Å². The third-order valence-electron chi connectivity index (χ3n) is 3.59. The van der Waals surface area contributed by atoms with Crippen LogP contribution >= 0.6 is 0 Å². The molecule has 2 N–H and O–H groups in total. The maximum Gasteiger partial charge on any atom is 0.273 e. The van der Waals surface area contributed by atoms with Gasteiger partial charge in [0.1, 0.15) is 0 Å². The van der Waals surface area contributed by atoms with Crippen molar-refractivity contribution in [1.82, 2.24) is 5.32 Å². The van der Waals surface area contributed by atoms with Gasteiger partial charge in [-0.3, -0.25) is 14.9 Å². The first-order chi connectivity index (χ1) is 11.0. The zero-order valence-corrected chi connectivity index (χ0v) is 12.7. The SMILES string of the molecule is Cc1ccc(C(=O)NC(CCO)c2ccccc2)cc1[N+](=O)[O-]. The van der Waals surface area contributed by atoms with Crippen molar-refractivity contribution in [1.29, 1.82) is 0 Å². The number of carbonyl (C=O) groups is 1. The van der Waals surface area contributed by atoms with E-state index in [1.54, 1.807) is 19.1 Å². The van der Waals surface area contributed by atoms with Gasteiger partial charge < -0.3 is 10.4 Å². The van der Waals surface area contributed by atoms with Gasteiger partial charge in [0.05, 0.1) is 11.0 Å². The van der Waals surface area contributed by atoms with Crippen LogP contribution in [-0.4, -0.2) is 22.5 Å². The molecule has 0 aliphatic carbocycles. The fraction of sp³-hybridized carbons (Fsp3) is 0.235. The first-order valence-electron chi connectivity index (χ1n) is 7.24. The molecule has 120 valence electrons. The van der Waals surface area contributed by atoms with Gasteiger partial charge in [-0.25, -0.2) is 0 Å². The van der Waals surface area contributed by atoms with Crippen molar-refractivity contribution in [2.24, 2.45) is 0 Å². The second-order valence-electron chi connectivity index (χ2n) is 5.21. The quantitative estimate of drug-likeness (QED) is 0.633. The normalized spacial score (nSPS) is 11.7. The standard InChI is InChI=1S/C17H18N2O4/c1-12-7-8-14(11-16(12)19(22)23)17(21)18-15(9-10-20)13-5-3-2-4-6-13/h2-8,11,15,20H,9-10H2,1H3,(H,18,21). The Morgan fingerprint density at radius 2 is 1.96 bits per heavy atom. The lowest BCUT2D eigenvalue weighted by molar-refractivity contribution is -0.385. The molecular weight excluding hydrogens is 296 g/mol. The number of aliphatic hydroxyl groups is 1. The Hall–Kier alpha value is -2.73. The molecule has 1 atom stereocenters. The maximum absolute atomic E-state index is 12.4. The molecule has 0 aliphatic rings. The highest BCUT2D eigenvalue weighted by molar-refractivity contribution is 5.95. The van der Waals surface area contributed by atoms with Gasteiger partial charge in [-0.15, -0.1) is 0 Å². The molecule has 23 heavy (non-hydrogen) atoms. The molecule has 1 unspecified atom stereocenters. The molecular formula is C17H18N2O4. The summed E-state index contributed by atoms with van der Waals surface area (Å²) in [5.41, 5.74) is 1.51. The van der Waals surface area contributed by atoms with Crippen LogP contribution in [0.1, 0.15) is 33.9 Å². The van der Waals surface area contributed by atoms with Crippen LogP contribution in [0.5, 0.6) is 0 Å². The lowest BCUT2D eigenvalue weighted by atomic mass is 10.0. The van der Waals surface area contributed by atoms with Crippen LogP contribution in [0.2, 0.25) is 0 Å². The van der Waals surface area contributed by atoms with Gasteiger partial charge in [0, 0.05) is 23.8 Å². The summed E-state index contributed by atoms with van der Waals surface area (Å²) in [6.07, 6.45) is 0.365. The summed E-state index contributed by atoms with van der Waals surface area (Å²) in [5.74, 6) is -0.407. The number of benzene rings is 2. The zero-order valence-electron chi connectivity index (χ0n) is 12.7. The van der Waals surface area contributed by atoms with Crippen molar-refractivity contribution in [3.8, 4) is 0 Å².